The largest absolute Gasteiger partial charge is 0.471 e. The molecule has 1 saturated carbocycles. The Bertz CT molecular complexity index is 1970. The number of likely N-dealkylation sites (tertiary alicyclic amines) is 2. The Labute approximate surface area is 351 Å². The lowest BCUT2D eigenvalue weighted by atomic mass is 9.75. The topological polar surface area (TPSA) is 120 Å². The van der Waals surface area contributed by atoms with Crippen LogP contribution in [0.15, 0.2) is 72.8 Å². The molecular weight excluding hydrogens is 774 g/mol. The minimum atomic E-state index is -5.04. The van der Waals surface area contributed by atoms with Gasteiger partial charge in [0.15, 0.2) is 6.29 Å². The number of carbonyl (C=O) groups excluding carboxylic acids is 3. The number of halogens is 3. The first kappa shape index (κ1) is 43.8. The number of piperidine rings is 1. The lowest BCUT2D eigenvalue weighted by molar-refractivity contribution is -0.278. The molecule has 13 heteroatoms. The molecule has 324 valence electrons. The van der Waals surface area contributed by atoms with Gasteiger partial charge in [-0.3, -0.25) is 19.3 Å². The van der Waals surface area contributed by atoms with Crippen LogP contribution in [0.3, 0.4) is 0 Å². The summed E-state index contributed by atoms with van der Waals surface area (Å²) < 4.78 is 53.4. The Hall–Kier alpha value is -4.30. The van der Waals surface area contributed by atoms with Crippen molar-refractivity contribution in [1.29, 1.82) is 0 Å². The molecule has 1 aliphatic carbocycles. The van der Waals surface area contributed by atoms with Crippen molar-refractivity contribution in [3.05, 3.63) is 95.1 Å². The molecule has 8 atom stereocenters. The summed E-state index contributed by atoms with van der Waals surface area (Å²) in [4.78, 5) is 42.1. The Morgan fingerprint density at radius 2 is 1.50 bits per heavy atom. The van der Waals surface area contributed by atoms with Gasteiger partial charge in [0, 0.05) is 42.7 Å². The summed E-state index contributed by atoms with van der Waals surface area (Å²) in [6, 6.07) is 22.0. The van der Waals surface area contributed by atoms with E-state index in [1.807, 2.05) is 93.6 Å². The smallest absolute Gasteiger partial charge is 0.392 e. The summed E-state index contributed by atoms with van der Waals surface area (Å²) in [5.74, 6) is -2.07. The van der Waals surface area contributed by atoms with E-state index >= 15 is 0 Å². The molecule has 3 aliphatic heterocycles. The van der Waals surface area contributed by atoms with Gasteiger partial charge in [-0.05, 0) is 93.0 Å². The van der Waals surface area contributed by atoms with Gasteiger partial charge in [-0.1, -0.05) is 92.6 Å². The van der Waals surface area contributed by atoms with E-state index in [-0.39, 0.29) is 61.7 Å². The van der Waals surface area contributed by atoms with Crippen molar-refractivity contribution >= 4 is 17.7 Å². The van der Waals surface area contributed by atoms with Crippen LogP contribution in [0.2, 0.25) is 0 Å². The maximum Gasteiger partial charge on any atom is 0.471 e. The van der Waals surface area contributed by atoms with Gasteiger partial charge in [0.1, 0.15) is 6.04 Å². The number of nitrogens with one attached hydrogen (secondary N) is 2. The summed E-state index contributed by atoms with van der Waals surface area (Å²) in [6.07, 6.45) is 0.552. The van der Waals surface area contributed by atoms with E-state index in [2.05, 4.69) is 22.5 Å². The van der Waals surface area contributed by atoms with Crippen molar-refractivity contribution in [2.75, 3.05) is 13.1 Å². The van der Waals surface area contributed by atoms with E-state index in [4.69, 9.17) is 9.47 Å². The molecule has 3 heterocycles. The predicted octanol–water partition coefficient (Wildman–Crippen LogP) is 7.74. The molecule has 10 nitrogen and oxygen atoms in total. The van der Waals surface area contributed by atoms with Crippen molar-refractivity contribution in [2.24, 2.45) is 11.8 Å². The molecule has 0 radical (unpaired) electrons. The van der Waals surface area contributed by atoms with Crippen LogP contribution in [-0.2, 0) is 37.0 Å². The standard InChI is InChI=1S/C47H59F3N4O6/c1-29-40(27-54-37-13-8-6-10-32(37)23-24-39(54)43(57)52-46(2,3)4)59-44(60-41(29)33-17-15-30(28-55)16-18-33)34-21-19-31(20-22-34)36-12-7-5-11-35(36)26-51-42(56)38-14-9-25-53(38)45(58)47(48,49)50/h5,7,11-12,15-22,29,32,37-41,44,55H,6,8-10,13-14,23-28H2,1-4H3,(H,51,56)(H,52,57)/t29-,32-,37-,38+,39-,40+,41+,44+/m1/s1. The highest BCUT2D eigenvalue weighted by Crippen LogP contribution is 2.45. The Morgan fingerprint density at radius 1 is 0.800 bits per heavy atom. The summed E-state index contributed by atoms with van der Waals surface area (Å²) in [5.41, 5.74) is 4.71. The van der Waals surface area contributed by atoms with Crippen molar-refractivity contribution in [3.63, 3.8) is 0 Å². The highest BCUT2D eigenvalue weighted by molar-refractivity contribution is 5.90. The summed E-state index contributed by atoms with van der Waals surface area (Å²) in [5, 5.41) is 15.8. The SMILES string of the molecule is C[C@@H]1[C@H](CN2[C@@H](C(=O)NC(C)(C)C)CC[C@H]3CCCC[C@H]32)O[C@H](c2ccc(-c3ccccc3CNC(=O)[C@@H]3CCCN3C(=O)C(F)(F)F)cc2)O[C@@H]1c1ccc(CO)cc1. The molecule has 7 rings (SSSR count). The number of carbonyl (C=O) groups is 3. The van der Waals surface area contributed by atoms with Crippen molar-refractivity contribution < 1.29 is 42.1 Å². The van der Waals surface area contributed by atoms with Crippen LogP contribution < -0.4 is 10.6 Å². The van der Waals surface area contributed by atoms with Crippen LogP contribution in [-0.4, -0.2) is 81.7 Å². The number of rotatable bonds is 10. The fraction of sp³-hybridized carbons (Fsp3) is 0.553. The zero-order chi connectivity index (χ0) is 42.8. The molecule has 0 spiro atoms. The fourth-order valence-corrected chi connectivity index (χ4v) is 9.78. The number of nitrogens with zero attached hydrogens (tertiary/aromatic N) is 2. The average Bonchev–Trinajstić information content (AvgIpc) is 3.73. The molecule has 0 aromatic heterocycles. The second-order valence-corrected chi connectivity index (χ2v) is 18.1. The van der Waals surface area contributed by atoms with Gasteiger partial charge in [-0.2, -0.15) is 13.2 Å². The van der Waals surface area contributed by atoms with Crippen molar-refractivity contribution in [1.82, 2.24) is 20.4 Å². The van der Waals surface area contributed by atoms with E-state index < -0.39 is 30.3 Å². The van der Waals surface area contributed by atoms with Crippen LogP contribution in [0.5, 0.6) is 0 Å². The normalized spacial score (nSPS) is 27.6. The lowest BCUT2D eigenvalue weighted by Crippen LogP contribution is -2.61. The molecule has 60 heavy (non-hydrogen) atoms. The number of ether oxygens (including phenoxy) is 2. The molecule has 3 saturated heterocycles. The quantitative estimate of drug-likeness (QED) is 0.191. The zero-order valence-corrected chi connectivity index (χ0v) is 35.0. The fourth-order valence-electron chi connectivity index (χ4n) is 9.78. The van der Waals surface area contributed by atoms with Crippen LogP contribution in [0, 0.1) is 11.8 Å². The minimum absolute atomic E-state index is 0.0603. The third-order valence-corrected chi connectivity index (χ3v) is 12.8. The second kappa shape index (κ2) is 18.4. The van der Waals surface area contributed by atoms with E-state index in [0.717, 1.165) is 59.1 Å². The molecular formula is C47H59F3N4O6. The van der Waals surface area contributed by atoms with Gasteiger partial charge >= 0.3 is 12.1 Å². The zero-order valence-electron chi connectivity index (χ0n) is 35.0. The Morgan fingerprint density at radius 3 is 2.20 bits per heavy atom. The molecule has 3 amide bonds. The summed E-state index contributed by atoms with van der Waals surface area (Å²) >= 11 is 0. The maximum atomic E-state index is 13.9. The third-order valence-electron chi connectivity index (χ3n) is 12.8. The maximum absolute atomic E-state index is 13.9. The van der Waals surface area contributed by atoms with Crippen LogP contribution in [0.4, 0.5) is 13.2 Å². The Balaban J connectivity index is 1.12. The van der Waals surface area contributed by atoms with Crippen LogP contribution in [0.1, 0.15) is 114 Å². The molecule has 3 N–H and O–H groups in total. The number of fused-ring (bicyclic) bond motifs is 1. The van der Waals surface area contributed by atoms with Crippen LogP contribution >= 0.6 is 0 Å². The van der Waals surface area contributed by atoms with Gasteiger partial charge in [-0.25, -0.2) is 0 Å². The van der Waals surface area contributed by atoms with E-state index in [1.165, 1.54) is 12.8 Å². The Kier molecular flexibility index (Phi) is 13.4. The molecule has 4 fully saturated rings. The van der Waals surface area contributed by atoms with Crippen molar-refractivity contribution in [3.8, 4) is 11.1 Å². The summed E-state index contributed by atoms with van der Waals surface area (Å²) in [6.45, 7) is 8.67. The van der Waals surface area contributed by atoms with Gasteiger partial charge in [0.2, 0.25) is 11.8 Å². The second-order valence-electron chi connectivity index (χ2n) is 18.1. The third kappa shape index (κ3) is 9.91. The number of hydrogen-bond donors (Lipinski definition) is 3. The van der Waals surface area contributed by atoms with Crippen molar-refractivity contribution in [2.45, 2.75) is 141 Å². The number of amides is 3. The van der Waals surface area contributed by atoms with E-state index in [0.29, 0.717) is 29.8 Å². The van der Waals surface area contributed by atoms with Gasteiger partial charge < -0.3 is 30.1 Å². The van der Waals surface area contributed by atoms with Gasteiger partial charge in [0.25, 0.3) is 0 Å². The first-order valence-electron chi connectivity index (χ1n) is 21.5. The first-order chi connectivity index (χ1) is 28.6. The number of aliphatic hydroxyl groups excluding tert-OH is 1. The number of hydrogen-bond acceptors (Lipinski definition) is 7. The minimum Gasteiger partial charge on any atom is -0.392 e. The highest BCUT2D eigenvalue weighted by atomic mass is 19.4. The number of alkyl halides is 3. The highest BCUT2D eigenvalue weighted by Gasteiger charge is 2.48. The van der Waals surface area contributed by atoms with Gasteiger partial charge in [0.05, 0.1) is 24.9 Å². The molecule has 0 unspecified atom stereocenters. The van der Waals surface area contributed by atoms with Crippen LogP contribution in [0.25, 0.3) is 11.1 Å². The monoisotopic (exact) mass is 832 g/mol. The molecule has 4 aliphatic rings. The van der Waals surface area contributed by atoms with Gasteiger partial charge in [-0.15, -0.1) is 0 Å². The van der Waals surface area contributed by atoms with E-state index in [9.17, 15) is 32.7 Å². The van der Waals surface area contributed by atoms with E-state index in [1.54, 1.807) is 0 Å². The first-order valence-corrected chi connectivity index (χ1v) is 21.5. The summed E-state index contributed by atoms with van der Waals surface area (Å²) in [7, 11) is 0. The average molecular weight is 833 g/mol. The number of aliphatic hydroxyl groups is 1. The molecule has 0 bridgehead atoms. The molecule has 3 aromatic carbocycles. The lowest BCUT2D eigenvalue weighted by Gasteiger charge is -2.51. The molecule has 3 aromatic rings. The predicted molar refractivity (Wildman–Crippen MR) is 221 cm³/mol. The number of benzene rings is 3.